The van der Waals surface area contributed by atoms with E-state index in [4.69, 9.17) is 19.9 Å². The Morgan fingerprint density at radius 2 is 0.800 bits per heavy atom. The van der Waals surface area contributed by atoms with Crippen molar-refractivity contribution < 1.29 is 0 Å². The van der Waals surface area contributed by atoms with Crippen molar-refractivity contribution in [2.45, 2.75) is 12.0 Å². The minimum Gasteiger partial charge on any atom is -0.329 e. The van der Waals surface area contributed by atoms with Crippen LogP contribution >= 0.6 is 0 Å². The highest BCUT2D eigenvalue weighted by atomic mass is 15.1. The molecule has 0 amide bonds. The summed E-state index contributed by atoms with van der Waals surface area (Å²) in [6.45, 7) is 0. The van der Waals surface area contributed by atoms with Crippen LogP contribution in [-0.2, 0) is 5.54 Å². The van der Waals surface area contributed by atoms with Crippen molar-refractivity contribution in [2.75, 3.05) is 0 Å². The largest absolute Gasteiger partial charge is 0.329 e. The minimum atomic E-state index is -0.382. The van der Waals surface area contributed by atoms with E-state index in [0.717, 1.165) is 106 Å². The number of aromatic nitrogens is 8. The Morgan fingerprint density at radius 1 is 0.400 bits per heavy atom. The van der Waals surface area contributed by atoms with E-state index in [9.17, 15) is 0 Å². The smallest absolute Gasteiger partial charge is 0.0963 e. The summed E-state index contributed by atoms with van der Waals surface area (Å²) in [6, 6.07) is 58.9. The van der Waals surface area contributed by atoms with Crippen molar-refractivity contribution in [3.8, 4) is 11.4 Å². The average molecular weight is 833 g/mol. The molecule has 8 heteroatoms. The number of benzene rings is 5. The third-order valence-electron chi connectivity index (χ3n) is 14.2. The summed E-state index contributed by atoms with van der Waals surface area (Å²) in [5.74, 6) is 0.166. The maximum absolute atomic E-state index is 5.00. The molecule has 0 bridgehead atoms. The van der Waals surface area contributed by atoms with Crippen molar-refractivity contribution >= 4 is 99.0 Å². The molecule has 2 unspecified atom stereocenters. The van der Waals surface area contributed by atoms with Crippen LogP contribution in [0.3, 0.4) is 0 Å². The number of nitrogens with zero attached hydrogens (tertiary/aromatic N) is 8. The Hall–Kier alpha value is -8.62. The van der Waals surface area contributed by atoms with Gasteiger partial charge in [-0.05, 0) is 121 Å². The quantitative estimate of drug-likeness (QED) is 0.173. The Bertz CT molecular complexity index is 3910. The van der Waals surface area contributed by atoms with E-state index in [1.54, 1.807) is 0 Å². The first kappa shape index (κ1) is 34.9. The van der Waals surface area contributed by atoms with Crippen molar-refractivity contribution in [3.63, 3.8) is 0 Å². The predicted octanol–water partition coefficient (Wildman–Crippen LogP) is 13.0. The molecule has 65 heavy (non-hydrogen) atoms. The minimum absolute atomic E-state index is 0.166. The molecule has 8 nitrogen and oxygen atoms in total. The predicted molar refractivity (Wildman–Crippen MR) is 264 cm³/mol. The van der Waals surface area contributed by atoms with Crippen LogP contribution in [0, 0.1) is 5.92 Å². The van der Waals surface area contributed by atoms with Crippen molar-refractivity contribution in [1.82, 2.24) is 38.2 Å². The van der Waals surface area contributed by atoms with Crippen LogP contribution in [0.5, 0.6) is 0 Å². The molecule has 0 aliphatic heterocycles. The van der Waals surface area contributed by atoms with Gasteiger partial charge < -0.3 is 18.3 Å². The van der Waals surface area contributed by atoms with E-state index >= 15 is 0 Å². The Morgan fingerprint density at radius 3 is 1.32 bits per heavy atom. The second-order valence-corrected chi connectivity index (χ2v) is 17.5. The molecule has 13 aromatic rings. The topological polar surface area (TPSA) is 71.3 Å². The summed E-state index contributed by atoms with van der Waals surface area (Å²) < 4.78 is 9.82. The highest BCUT2D eigenvalue weighted by Gasteiger charge is 2.59. The maximum Gasteiger partial charge on any atom is 0.0963 e. The molecule has 0 N–H and O–H groups in total. The van der Waals surface area contributed by atoms with E-state index in [1.807, 2.05) is 36.9 Å². The van der Waals surface area contributed by atoms with Gasteiger partial charge in [-0.25, -0.2) is 0 Å². The summed E-state index contributed by atoms with van der Waals surface area (Å²) in [7, 11) is 0. The van der Waals surface area contributed by atoms with E-state index in [0.29, 0.717) is 0 Å². The van der Waals surface area contributed by atoms with Gasteiger partial charge in [-0.3, -0.25) is 19.9 Å². The third kappa shape index (κ3) is 4.69. The van der Waals surface area contributed by atoms with E-state index < -0.39 is 0 Å². The van der Waals surface area contributed by atoms with Gasteiger partial charge in [-0.15, -0.1) is 0 Å². The van der Waals surface area contributed by atoms with Crippen LogP contribution in [0.1, 0.15) is 12.0 Å². The first-order chi connectivity index (χ1) is 32.2. The van der Waals surface area contributed by atoms with Gasteiger partial charge in [0.05, 0.1) is 71.7 Å². The Labute approximate surface area is 371 Å². The van der Waals surface area contributed by atoms with Gasteiger partial charge >= 0.3 is 0 Å². The number of hydrogen-bond donors (Lipinski definition) is 0. The zero-order valence-corrected chi connectivity index (χ0v) is 34.9. The van der Waals surface area contributed by atoms with Crippen LogP contribution in [-0.4, -0.2) is 38.2 Å². The molecule has 1 fully saturated rings. The van der Waals surface area contributed by atoms with Gasteiger partial charge in [-0.2, -0.15) is 0 Å². The molecule has 2 atom stereocenters. The molecule has 8 aromatic heterocycles. The molecule has 2 aliphatic carbocycles. The van der Waals surface area contributed by atoms with Crippen LogP contribution in [0.4, 0.5) is 0 Å². The van der Waals surface area contributed by atoms with E-state index in [1.165, 1.54) is 16.5 Å². The molecule has 5 aromatic carbocycles. The Balaban J connectivity index is 1.06. The van der Waals surface area contributed by atoms with Gasteiger partial charge in [-0.1, -0.05) is 72.8 Å². The fourth-order valence-corrected chi connectivity index (χ4v) is 11.5. The molecule has 1 saturated carbocycles. The lowest BCUT2D eigenvalue weighted by atomic mass is 9.91. The van der Waals surface area contributed by atoms with Gasteiger partial charge in [0.2, 0.25) is 0 Å². The lowest BCUT2D eigenvalue weighted by Gasteiger charge is -2.27. The summed E-state index contributed by atoms with van der Waals surface area (Å²) >= 11 is 0. The van der Waals surface area contributed by atoms with E-state index in [-0.39, 0.29) is 11.5 Å². The monoisotopic (exact) mass is 832 g/mol. The number of para-hydroxylation sites is 4. The van der Waals surface area contributed by atoms with Crippen LogP contribution in [0.15, 0.2) is 201 Å². The zero-order valence-electron chi connectivity index (χ0n) is 34.9. The van der Waals surface area contributed by atoms with Crippen LogP contribution < -0.4 is 0 Å². The fraction of sp³-hybridized carbons (Fsp3) is 0.0526. The molecule has 15 rings (SSSR count). The second kappa shape index (κ2) is 12.7. The standard InChI is InChI=1S/C57H36N8/c1-5-17-45-39(13-1)53-49(21-9-25-58-53)62(45)36-29-35(30-37(31-36)63-46-18-6-2-14-40(46)54-50(63)22-10-26-59-54)43-32-38(64-47-19-7-3-15-41(47)55-51(64)23-11-27-60-55)33-57(34-44(43)57)65-48-20-8-4-16-42(48)56-52(65)24-12-28-61-56/h1-33,44H,34H2. The number of rotatable bonds is 5. The molecular formula is C57H36N8. The summed E-state index contributed by atoms with van der Waals surface area (Å²) in [5, 5.41) is 4.55. The molecule has 0 radical (unpaired) electrons. The van der Waals surface area contributed by atoms with Crippen molar-refractivity contribution in [2.24, 2.45) is 5.92 Å². The maximum atomic E-state index is 5.00. The lowest BCUT2D eigenvalue weighted by molar-refractivity contribution is 0.606. The number of fused-ring (bicyclic) bond motifs is 13. The first-order valence-corrected chi connectivity index (χ1v) is 22.2. The fourth-order valence-electron chi connectivity index (χ4n) is 11.5. The lowest BCUT2D eigenvalue weighted by Crippen LogP contribution is -2.21. The number of allylic oxidation sites excluding steroid dienone is 4. The summed E-state index contributed by atoms with van der Waals surface area (Å²) in [5.41, 5.74) is 18.2. The van der Waals surface area contributed by atoms with Gasteiger partial charge in [0.15, 0.2) is 0 Å². The molecule has 0 spiro atoms. The molecule has 0 saturated heterocycles. The zero-order chi connectivity index (χ0) is 42.4. The first-order valence-electron chi connectivity index (χ1n) is 22.2. The Kier molecular flexibility index (Phi) is 6.84. The second-order valence-electron chi connectivity index (χ2n) is 17.5. The SMILES string of the molecule is C1=C(c2cc(-n3c4ccccc4c4ncccc43)cc(-n3c4ccccc4c4ncccc43)c2)C2CC2(n2c3ccccc3c3ncccc32)C=C1n1c2ccccc2c2ncccc21. The third-order valence-corrected chi connectivity index (χ3v) is 14.2. The van der Waals surface area contributed by atoms with Crippen LogP contribution in [0.25, 0.3) is 110 Å². The normalized spacial score (nSPS) is 17.3. The molecular weight excluding hydrogens is 797 g/mol. The average Bonchev–Trinajstić information content (AvgIpc) is 3.59. The summed E-state index contributed by atoms with van der Waals surface area (Å²) in [6.07, 6.45) is 13.5. The van der Waals surface area contributed by atoms with Crippen LogP contribution in [0.2, 0.25) is 0 Å². The molecule has 304 valence electrons. The van der Waals surface area contributed by atoms with Crippen molar-refractivity contribution in [3.05, 3.63) is 206 Å². The summed E-state index contributed by atoms with van der Waals surface area (Å²) in [4.78, 5) is 19.9. The van der Waals surface area contributed by atoms with Gasteiger partial charge in [0.1, 0.15) is 0 Å². The van der Waals surface area contributed by atoms with Gasteiger partial charge in [0.25, 0.3) is 0 Å². The molecule has 8 heterocycles. The number of hydrogen-bond acceptors (Lipinski definition) is 4. The van der Waals surface area contributed by atoms with Crippen molar-refractivity contribution in [1.29, 1.82) is 0 Å². The number of pyridine rings is 4. The highest BCUT2D eigenvalue weighted by molar-refractivity contribution is 6.11. The molecule has 2 aliphatic rings. The van der Waals surface area contributed by atoms with E-state index in [2.05, 4.69) is 182 Å². The van der Waals surface area contributed by atoms with Gasteiger partial charge in [0, 0.05) is 69.3 Å². The highest BCUT2D eigenvalue weighted by Crippen LogP contribution is 2.63.